The predicted molar refractivity (Wildman–Crippen MR) is 110 cm³/mol. The van der Waals surface area contributed by atoms with E-state index < -0.39 is 5.82 Å². The van der Waals surface area contributed by atoms with E-state index in [1.807, 2.05) is 30.5 Å². The number of thiocarbonyl (C=S) groups is 1. The minimum Gasteiger partial charge on any atom is -0.347 e. The van der Waals surface area contributed by atoms with Crippen molar-refractivity contribution in [2.24, 2.45) is 0 Å². The summed E-state index contributed by atoms with van der Waals surface area (Å²) in [5.74, 6) is -0.758. The van der Waals surface area contributed by atoms with Crippen LogP contribution in [0, 0.1) is 5.82 Å². The maximum Gasteiger partial charge on any atom is 0.270 e. The Labute approximate surface area is 160 Å². The average molecular weight is 382 g/mol. The van der Waals surface area contributed by atoms with Gasteiger partial charge in [-0.05, 0) is 31.2 Å². The van der Waals surface area contributed by atoms with Crippen molar-refractivity contribution in [2.45, 2.75) is 13.5 Å². The molecule has 0 radical (unpaired) electrons. The number of hydrogen-bond acceptors (Lipinski definition) is 3. The topological polar surface area (TPSA) is 25.2 Å². The first-order valence-corrected chi connectivity index (χ1v) is 9.43. The summed E-state index contributed by atoms with van der Waals surface area (Å²) in [5.41, 5.74) is 2.26. The molecule has 0 saturated carbocycles. The summed E-state index contributed by atoms with van der Waals surface area (Å²) in [7, 11) is 0. The van der Waals surface area contributed by atoms with Gasteiger partial charge in [-0.1, -0.05) is 54.3 Å². The zero-order valence-electron chi connectivity index (χ0n) is 14.0. The van der Waals surface area contributed by atoms with E-state index in [1.165, 1.54) is 22.7 Å². The van der Waals surface area contributed by atoms with Crippen molar-refractivity contribution in [3.8, 4) is 0 Å². The third-order valence-corrected chi connectivity index (χ3v) is 5.64. The number of fused-ring (bicyclic) bond motifs is 1. The fourth-order valence-electron chi connectivity index (χ4n) is 3.10. The average Bonchev–Trinajstić information content (AvgIpc) is 3.14. The quantitative estimate of drug-likeness (QED) is 0.459. The Morgan fingerprint density at radius 1 is 1.15 bits per heavy atom. The predicted octanol–water partition coefficient (Wildman–Crippen LogP) is 5.21. The van der Waals surface area contributed by atoms with Crippen LogP contribution in [0.15, 0.2) is 59.6 Å². The summed E-state index contributed by atoms with van der Waals surface area (Å²) in [6, 6.07) is 14.2. The number of carbonyl (C=O) groups excluding carboxylic acids is 1. The van der Waals surface area contributed by atoms with Gasteiger partial charge in [-0.25, -0.2) is 4.39 Å². The van der Waals surface area contributed by atoms with Crippen LogP contribution in [0.25, 0.3) is 17.0 Å². The van der Waals surface area contributed by atoms with E-state index in [1.54, 1.807) is 18.2 Å². The number of aryl methyl sites for hydroxylation is 1. The summed E-state index contributed by atoms with van der Waals surface area (Å²) < 4.78 is 16.6. The Kier molecular flexibility index (Phi) is 4.38. The molecule has 1 aromatic heterocycles. The largest absolute Gasteiger partial charge is 0.347 e. The van der Waals surface area contributed by atoms with Gasteiger partial charge in [0.15, 0.2) is 4.32 Å². The van der Waals surface area contributed by atoms with Crippen LogP contribution in [0.5, 0.6) is 0 Å². The maximum atomic E-state index is 14.1. The molecule has 2 heterocycles. The highest BCUT2D eigenvalue weighted by Crippen LogP contribution is 2.37. The van der Waals surface area contributed by atoms with Gasteiger partial charge in [0.05, 0.1) is 10.6 Å². The molecule has 1 saturated heterocycles. The monoisotopic (exact) mass is 382 g/mol. The third kappa shape index (κ3) is 2.75. The Hall–Kier alpha value is -2.44. The zero-order valence-corrected chi connectivity index (χ0v) is 15.6. The van der Waals surface area contributed by atoms with Crippen molar-refractivity contribution in [2.75, 3.05) is 4.90 Å². The fraction of sp³-hybridized carbons (Fsp3) is 0.100. The van der Waals surface area contributed by atoms with Crippen LogP contribution in [0.4, 0.5) is 10.1 Å². The zero-order chi connectivity index (χ0) is 18.3. The first-order chi connectivity index (χ1) is 12.6. The van der Waals surface area contributed by atoms with Crippen molar-refractivity contribution in [1.29, 1.82) is 0 Å². The Morgan fingerprint density at radius 3 is 2.65 bits per heavy atom. The normalized spacial score (nSPS) is 16.2. The number of nitrogens with zero attached hydrogens (tertiary/aromatic N) is 2. The maximum absolute atomic E-state index is 14.1. The molecule has 3 nitrogen and oxygen atoms in total. The van der Waals surface area contributed by atoms with E-state index in [4.69, 9.17) is 12.2 Å². The molecular weight excluding hydrogens is 367 g/mol. The highest BCUT2D eigenvalue weighted by Gasteiger charge is 2.34. The van der Waals surface area contributed by atoms with E-state index in [9.17, 15) is 9.18 Å². The lowest BCUT2D eigenvalue weighted by Crippen LogP contribution is -2.28. The number of thioether (sulfide) groups is 1. The Morgan fingerprint density at radius 2 is 1.88 bits per heavy atom. The van der Waals surface area contributed by atoms with Crippen LogP contribution < -0.4 is 4.90 Å². The van der Waals surface area contributed by atoms with E-state index in [-0.39, 0.29) is 11.6 Å². The molecule has 2 aromatic carbocycles. The SMILES string of the molecule is CCn1cc(/C=C2/SC(=S)N(c3ccccc3F)C2=O)c2ccccc21. The van der Waals surface area contributed by atoms with Crippen LogP contribution in [0.2, 0.25) is 0 Å². The minimum atomic E-state index is -0.465. The van der Waals surface area contributed by atoms with Gasteiger partial charge in [0, 0.05) is 29.2 Å². The van der Waals surface area contributed by atoms with E-state index in [2.05, 4.69) is 17.6 Å². The number of benzene rings is 2. The second kappa shape index (κ2) is 6.70. The summed E-state index contributed by atoms with van der Waals surface area (Å²) in [5, 5.41) is 1.07. The number of carbonyl (C=O) groups is 1. The molecule has 0 spiro atoms. The van der Waals surface area contributed by atoms with E-state index in [0.717, 1.165) is 23.0 Å². The second-order valence-corrected chi connectivity index (χ2v) is 7.53. The summed E-state index contributed by atoms with van der Waals surface area (Å²) in [6.45, 7) is 2.92. The van der Waals surface area contributed by atoms with Crippen molar-refractivity contribution in [3.63, 3.8) is 0 Å². The van der Waals surface area contributed by atoms with Gasteiger partial charge in [-0.15, -0.1) is 0 Å². The second-order valence-electron chi connectivity index (χ2n) is 5.86. The van der Waals surface area contributed by atoms with Gasteiger partial charge in [0.2, 0.25) is 0 Å². The molecule has 1 aliphatic rings. The number of amides is 1. The number of hydrogen-bond donors (Lipinski definition) is 0. The van der Waals surface area contributed by atoms with Crippen LogP contribution in [-0.4, -0.2) is 14.8 Å². The van der Waals surface area contributed by atoms with Gasteiger partial charge >= 0.3 is 0 Å². The highest BCUT2D eigenvalue weighted by atomic mass is 32.2. The fourth-order valence-corrected chi connectivity index (χ4v) is 4.38. The van der Waals surface area contributed by atoms with Crippen LogP contribution in [0.3, 0.4) is 0 Å². The van der Waals surface area contributed by atoms with Crippen LogP contribution >= 0.6 is 24.0 Å². The molecule has 26 heavy (non-hydrogen) atoms. The molecule has 4 rings (SSSR count). The Balaban J connectivity index is 1.77. The molecule has 0 N–H and O–H groups in total. The van der Waals surface area contributed by atoms with E-state index >= 15 is 0 Å². The number of para-hydroxylation sites is 2. The third-order valence-electron chi connectivity index (χ3n) is 4.33. The molecule has 0 atom stereocenters. The Bertz CT molecular complexity index is 1070. The smallest absolute Gasteiger partial charge is 0.270 e. The van der Waals surface area contributed by atoms with Gasteiger partial charge in [-0.2, -0.15) is 0 Å². The number of aromatic nitrogens is 1. The molecule has 1 amide bonds. The van der Waals surface area contributed by atoms with Gasteiger partial charge in [0.1, 0.15) is 5.82 Å². The first-order valence-electron chi connectivity index (χ1n) is 8.20. The summed E-state index contributed by atoms with van der Waals surface area (Å²) in [6.07, 6.45) is 3.87. The van der Waals surface area contributed by atoms with Crippen molar-refractivity contribution < 1.29 is 9.18 Å². The molecule has 130 valence electrons. The van der Waals surface area contributed by atoms with Gasteiger partial charge < -0.3 is 4.57 Å². The summed E-state index contributed by atoms with van der Waals surface area (Å²) >= 11 is 6.53. The highest BCUT2D eigenvalue weighted by molar-refractivity contribution is 8.27. The van der Waals surface area contributed by atoms with Gasteiger partial charge in [0.25, 0.3) is 5.91 Å². The molecule has 6 heteroatoms. The van der Waals surface area contributed by atoms with Crippen LogP contribution in [-0.2, 0) is 11.3 Å². The molecule has 1 fully saturated rings. The van der Waals surface area contributed by atoms with Crippen molar-refractivity contribution in [3.05, 3.63) is 71.0 Å². The molecule has 1 aliphatic heterocycles. The van der Waals surface area contributed by atoms with Gasteiger partial charge in [-0.3, -0.25) is 9.69 Å². The minimum absolute atomic E-state index is 0.189. The molecule has 0 aliphatic carbocycles. The lowest BCUT2D eigenvalue weighted by molar-refractivity contribution is -0.113. The molecule has 0 unspecified atom stereocenters. The molecule has 0 bridgehead atoms. The lowest BCUT2D eigenvalue weighted by Gasteiger charge is -2.14. The number of anilines is 1. The standard InChI is InChI=1S/C20H15FN2OS2/c1-2-22-12-13(14-7-3-5-9-16(14)22)11-18-19(24)23(20(25)26-18)17-10-6-4-8-15(17)21/h3-12H,2H2,1H3/b18-11+. The molecule has 3 aromatic rings. The van der Waals surface area contributed by atoms with Crippen LogP contribution in [0.1, 0.15) is 12.5 Å². The van der Waals surface area contributed by atoms with Crippen molar-refractivity contribution >= 4 is 56.9 Å². The van der Waals surface area contributed by atoms with E-state index in [0.29, 0.717) is 9.23 Å². The summed E-state index contributed by atoms with van der Waals surface area (Å²) in [4.78, 5) is 14.6. The van der Waals surface area contributed by atoms with Crippen molar-refractivity contribution in [1.82, 2.24) is 4.57 Å². The molecular formula is C20H15FN2OS2. The lowest BCUT2D eigenvalue weighted by atomic mass is 10.1. The number of rotatable bonds is 3. The number of halogens is 1. The first kappa shape index (κ1) is 17.0.